The molecule has 0 aliphatic carbocycles. The van der Waals surface area contributed by atoms with Gasteiger partial charge in [0.2, 0.25) is 0 Å². The first-order valence-electron chi connectivity index (χ1n) is 6.84. The molecule has 0 saturated carbocycles. The Kier molecular flexibility index (Phi) is 5.33. The van der Waals surface area contributed by atoms with Crippen molar-refractivity contribution in [3.63, 3.8) is 0 Å². The third-order valence-electron chi connectivity index (χ3n) is 3.30. The molecule has 0 radical (unpaired) electrons. The quantitative estimate of drug-likeness (QED) is 0.862. The van der Waals surface area contributed by atoms with E-state index in [2.05, 4.69) is 10.4 Å². The Hall–Kier alpha value is -1.43. The summed E-state index contributed by atoms with van der Waals surface area (Å²) in [7, 11) is 0. The van der Waals surface area contributed by atoms with Gasteiger partial charge in [-0.2, -0.15) is 5.10 Å². The standard InChI is InChI=1S/C15H19ClFN3O/c1-10(9-21)7-18-8-14-11(2)19-20(15(14)16)13-5-3-12(17)4-6-13/h3-6,10,18,21H,7-9H2,1-2H3. The Balaban J connectivity index is 2.15. The van der Waals surface area contributed by atoms with Crippen molar-refractivity contribution in [2.45, 2.75) is 20.4 Å². The summed E-state index contributed by atoms with van der Waals surface area (Å²) in [6.45, 7) is 5.28. The van der Waals surface area contributed by atoms with Crippen molar-refractivity contribution < 1.29 is 9.50 Å². The average Bonchev–Trinajstić information content (AvgIpc) is 2.75. The number of aryl methyl sites for hydroxylation is 1. The first-order chi connectivity index (χ1) is 10.0. The van der Waals surface area contributed by atoms with E-state index in [1.807, 2.05) is 13.8 Å². The van der Waals surface area contributed by atoms with Crippen molar-refractivity contribution in [3.8, 4) is 5.69 Å². The molecule has 0 spiro atoms. The van der Waals surface area contributed by atoms with Gasteiger partial charge in [0.15, 0.2) is 0 Å². The van der Waals surface area contributed by atoms with Gasteiger partial charge in [0, 0.05) is 25.3 Å². The van der Waals surface area contributed by atoms with Gasteiger partial charge in [0.1, 0.15) is 11.0 Å². The molecule has 21 heavy (non-hydrogen) atoms. The summed E-state index contributed by atoms with van der Waals surface area (Å²) in [6, 6.07) is 6.03. The fourth-order valence-corrected chi connectivity index (χ4v) is 2.33. The van der Waals surface area contributed by atoms with Crippen LogP contribution in [-0.4, -0.2) is 28.0 Å². The summed E-state index contributed by atoms with van der Waals surface area (Å²) in [5.74, 6) is -0.102. The van der Waals surface area contributed by atoms with Crippen LogP contribution in [-0.2, 0) is 6.54 Å². The van der Waals surface area contributed by atoms with Gasteiger partial charge in [-0.05, 0) is 37.1 Å². The maximum Gasteiger partial charge on any atom is 0.137 e. The lowest BCUT2D eigenvalue weighted by atomic mass is 10.2. The summed E-state index contributed by atoms with van der Waals surface area (Å²) in [5.41, 5.74) is 2.46. The molecule has 2 N–H and O–H groups in total. The third-order valence-corrected chi connectivity index (χ3v) is 3.69. The molecule has 0 amide bonds. The fourth-order valence-electron chi connectivity index (χ4n) is 1.99. The van der Waals surface area contributed by atoms with Crippen molar-refractivity contribution in [3.05, 3.63) is 46.5 Å². The minimum Gasteiger partial charge on any atom is -0.396 e. The second kappa shape index (κ2) is 7.02. The summed E-state index contributed by atoms with van der Waals surface area (Å²) in [6.07, 6.45) is 0. The van der Waals surface area contributed by atoms with Crippen molar-refractivity contribution in [2.24, 2.45) is 5.92 Å². The number of aromatic nitrogens is 2. The second-order valence-electron chi connectivity index (χ2n) is 5.16. The van der Waals surface area contributed by atoms with Crippen molar-refractivity contribution in [1.82, 2.24) is 15.1 Å². The highest BCUT2D eigenvalue weighted by Crippen LogP contribution is 2.23. The highest BCUT2D eigenvalue weighted by molar-refractivity contribution is 6.30. The van der Waals surface area contributed by atoms with E-state index in [1.165, 1.54) is 12.1 Å². The lowest BCUT2D eigenvalue weighted by Gasteiger charge is -2.09. The monoisotopic (exact) mass is 311 g/mol. The predicted octanol–water partition coefficient (Wildman–Crippen LogP) is 2.69. The van der Waals surface area contributed by atoms with E-state index in [-0.39, 0.29) is 18.3 Å². The van der Waals surface area contributed by atoms with Crippen molar-refractivity contribution in [2.75, 3.05) is 13.2 Å². The zero-order chi connectivity index (χ0) is 15.4. The van der Waals surface area contributed by atoms with E-state index in [1.54, 1.807) is 16.8 Å². The van der Waals surface area contributed by atoms with Gasteiger partial charge in [-0.25, -0.2) is 9.07 Å². The van der Waals surface area contributed by atoms with Crippen LogP contribution in [0.5, 0.6) is 0 Å². The van der Waals surface area contributed by atoms with Gasteiger partial charge in [0.25, 0.3) is 0 Å². The highest BCUT2D eigenvalue weighted by atomic mass is 35.5. The van der Waals surface area contributed by atoms with Gasteiger partial charge in [0.05, 0.1) is 11.4 Å². The molecule has 1 aromatic heterocycles. The largest absolute Gasteiger partial charge is 0.396 e. The van der Waals surface area contributed by atoms with Crippen LogP contribution in [0.2, 0.25) is 5.15 Å². The van der Waals surface area contributed by atoms with E-state index in [4.69, 9.17) is 16.7 Å². The number of nitrogens with one attached hydrogen (secondary N) is 1. The van der Waals surface area contributed by atoms with Crippen LogP contribution in [0.3, 0.4) is 0 Å². The maximum absolute atomic E-state index is 13.0. The molecule has 0 fully saturated rings. The fraction of sp³-hybridized carbons (Fsp3) is 0.400. The molecule has 0 bridgehead atoms. The normalized spacial score (nSPS) is 12.6. The molecule has 1 atom stereocenters. The minimum absolute atomic E-state index is 0.147. The topological polar surface area (TPSA) is 50.1 Å². The van der Waals surface area contributed by atoms with Gasteiger partial charge in [-0.3, -0.25) is 0 Å². The SMILES string of the molecule is Cc1nn(-c2ccc(F)cc2)c(Cl)c1CNCC(C)CO. The Bertz CT molecular complexity index is 598. The van der Waals surface area contributed by atoms with Crippen LogP contribution in [0, 0.1) is 18.7 Å². The number of hydrogen-bond acceptors (Lipinski definition) is 3. The van der Waals surface area contributed by atoms with Crippen LogP contribution >= 0.6 is 11.6 Å². The van der Waals surface area contributed by atoms with Crippen molar-refractivity contribution in [1.29, 1.82) is 0 Å². The number of hydrogen-bond donors (Lipinski definition) is 2. The van der Waals surface area contributed by atoms with Crippen LogP contribution in [0.15, 0.2) is 24.3 Å². The molecule has 1 heterocycles. The molecular weight excluding hydrogens is 293 g/mol. The molecule has 1 aromatic carbocycles. The molecule has 114 valence electrons. The summed E-state index contributed by atoms with van der Waals surface area (Å²) in [4.78, 5) is 0. The molecule has 0 saturated heterocycles. The van der Waals surface area contributed by atoms with E-state index in [9.17, 15) is 4.39 Å². The van der Waals surface area contributed by atoms with E-state index in [0.717, 1.165) is 16.9 Å². The van der Waals surface area contributed by atoms with Gasteiger partial charge in [-0.15, -0.1) is 0 Å². The van der Waals surface area contributed by atoms with Crippen LogP contribution in [0.25, 0.3) is 5.69 Å². The number of halogens is 2. The van der Waals surface area contributed by atoms with E-state index < -0.39 is 0 Å². The summed E-state index contributed by atoms with van der Waals surface area (Å²) >= 11 is 6.37. The Morgan fingerprint density at radius 3 is 2.67 bits per heavy atom. The molecular formula is C15H19ClFN3O. The van der Waals surface area contributed by atoms with E-state index in [0.29, 0.717) is 18.2 Å². The molecule has 2 rings (SSSR count). The molecule has 0 aliphatic rings. The predicted molar refractivity (Wildman–Crippen MR) is 81.2 cm³/mol. The van der Waals surface area contributed by atoms with Crippen LogP contribution < -0.4 is 5.32 Å². The molecule has 4 nitrogen and oxygen atoms in total. The second-order valence-corrected chi connectivity index (χ2v) is 5.52. The number of nitrogens with zero attached hydrogens (tertiary/aromatic N) is 2. The first kappa shape index (κ1) is 15.9. The maximum atomic E-state index is 13.0. The highest BCUT2D eigenvalue weighted by Gasteiger charge is 2.14. The molecule has 1 unspecified atom stereocenters. The molecule has 0 aliphatic heterocycles. The van der Waals surface area contributed by atoms with Gasteiger partial charge < -0.3 is 10.4 Å². The van der Waals surface area contributed by atoms with E-state index >= 15 is 0 Å². The first-order valence-corrected chi connectivity index (χ1v) is 7.22. The number of aliphatic hydroxyl groups excluding tert-OH is 1. The smallest absolute Gasteiger partial charge is 0.137 e. The third kappa shape index (κ3) is 3.81. The van der Waals surface area contributed by atoms with Crippen molar-refractivity contribution >= 4 is 11.6 Å². The Labute approximate surface area is 128 Å². The number of benzene rings is 1. The summed E-state index contributed by atoms with van der Waals surface area (Å²) < 4.78 is 14.6. The molecule has 6 heteroatoms. The summed E-state index contributed by atoms with van der Waals surface area (Å²) in [5, 5.41) is 17.2. The van der Waals surface area contributed by atoms with Crippen LogP contribution in [0.1, 0.15) is 18.2 Å². The van der Waals surface area contributed by atoms with Gasteiger partial charge >= 0.3 is 0 Å². The van der Waals surface area contributed by atoms with Crippen LogP contribution in [0.4, 0.5) is 4.39 Å². The minimum atomic E-state index is -0.293. The number of rotatable bonds is 6. The Morgan fingerprint density at radius 2 is 2.05 bits per heavy atom. The number of aliphatic hydroxyl groups is 1. The average molecular weight is 312 g/mol. The Morgan fingerprint density at radius 1 is 1.38 bits per heavy atom. The zero-order valence-electron chi connectivity index (χ0n) is 12.1. The zero-order valence-corrected chi connectivity index (χ0v) is 12.9. The van der Waals surface area contributed by atoms with Gasteiger partial charge in [-0.1, -0.05) is 18.5 Å². The lowest BCUT2D eigenvalue weighted by molar-refractivity contribution is 0.233. The lowest BCUT2D eigenvalue weighted by Crippen LogP contribution is -2.23. The molecule has 2 aromatic rings.